The van der Waals surface area contributed by atoms with E-state index in [2.05, 4.69) is 31.9 Å². The summed E-state index contributed by atoms with van der Waals surface area (Å²) in [7, 11) is 0. The van der Waals surface area contributed by atoms with Gasteiger partial charge in [0, 0.05) is 15.2 Å². The van der Waals surface area contributed by atoms with Crippen LogP contribution < -0.4 is 0 Å². The number of benzene rings is 1. The van der Waals surface area contributed by atoms with Crippen LogP contribution in [0.1, 0.15) is 23.2 Å². The van der Waals surface area contributed by atoms with Gasteiger partial charge in [-0.15, -0.1) is 0 Å². The summed E-state index contributed by atoms with van der Waals surface area (Å²) in [5.41, 5.74) is 0.446. The maximum absolute atomic E-state index is 13.3. The molecule has 0 aromatic heterocycles. The molecule has 0 unspecified atom stereocenters. The summed E-state index contributed by atoms with van der Waals surface area (Å²) in [6.45, 7) is -0.417. The number of thioether (sulfide) groups is 1. The number of amides is 2. The van der Waals surface area contributed by atoms with Crippen molar-refractivity contribution in [2.24, 2.45) is 23.7 Å². The van der Waals surface area contributed by atoms with Gasteiger partial charge >= 0.3 is 5.97 Å². The molecule has 1 aliphatic heterocycles. The SMILES string of the molecule is CSCC[C@@H](C(=O)OCC(=O)c1ccccc1)N1C(=O)[C@@H]2[C@@H]3C[C@@H]([C@@H](Br)[C@H]3Br)[C@@H]2C1=O. The van der Waals surface area contributed by atoms with Crippen LogP contribution in [0.25, 0.3) is 0 Å². The van der Waals surface area contributed by atoms with Crippen LogP contribution in [-0.4, -0.2) is 62.8 Å². The van der Waals surface area contributed by atoms with Crippen molar-refractivity contribution in [3.63, 3.8) is 0 Å². The minimum absolute atomic E-state index is 0.0812. The van der Waals surface area contributed by atoms with E-state index in [0.717, 1.165) is 11.3 Å². The summed E-state index contributed by atoms with van der Waals surface area (Å²) in [4.78, 5) is 53.3. The first-order valence-corrected chi connectivity index (χ1v) is 13.5. The first-order valence-electron chi connectivity index (χ1n) is 10.3. The summed E-state index contributed by atoms with van der Waals surface area (Å²) >= 11 is 8.87. The number of halogens is 2. The fourth-order valence-electron chi connectivity index (χ4n) is 5.20. The molecule has 9 heteroatoms. The van der Waals surface area contributed by atoms with Crippen LogP contribution in [0.5, 0.6) is 0 Å². The molecule has 6 nitrogen and oxygen atoms in total. The molecule has 0 N–H and O–H groups in total. The van der Waals surface area contributed by atoms with E-state index in [9.17, 15) is 19.2 Å². The normalized spacial score (nSPS) is 32.3. The highest BCUT2D eigenvalue weighted by Gasteiger charge is 2.67. The summed E-state index contributed by atoms with van der Waals surface area (Å²) in [6.07, 6.45) is 3.04. The lowest BCUT2D eigenvalue weighted by Crippen LogP contribution is -2.47. The summed E-state index contributed by atoms with van der Waals surface area (Å²) < 4.78 is 5.30. The van der Waals surface area contributed by atoms with Crippen molar-refractivity contribution < 1.29 is 23.9 Å². The van der Waals surface area contributed by atoms with Crippen LogP contribution in [0, 0.1) is 23.7 Å². The quantitative estimate of drug-likeness (QED) is 0.206. The summed E-state index contributed by atoms with van der Waals surface area (Å²) in [5.74, 6) is -1.58. The molecule has 3 fully saturated rings. The standard InChI is InChI=1S/C22H23Br2NO5S/c1-31-8-7-14(22(29)30-10-15(26)11-5-3-2-4-6-11)25-20(27)16-12-9-13(17(16)21(25)28)19(24)18(12)23/h2-6,12-14,16-19H,7-10H2,1H3/t12-,13+,14-,16+,17-,18-,19+/m0/s1. The third-order valence-electron chi connectivity index (χ3n) is 6.64. The van der Waals surface area contributed by atoms with E-state index in [4.69, 9.17) is 4.74 Å². The Bertz CT molecular complexity index is 865. The van der Waals surface area contributed by atoms with Gasteiger partial charge < -0.3 is 4.74 Å². The van der Waals surface area contributed by atoms with E-state index in [1.165, 1.54) is 11.8 Å². The lowest BCUT2D eigenvalue weighted by atomic mass is 9.81. The Hall–Kier alpha value is -1.19. The molecule has 31 heavy (non-hydrogen) atoms. The molecule has 2 saturated carbocycles. The molecule has 2 aliphatic carbocycles. The summed E-state index contributed by atoms with van der Waals surface area (Å²) in [5, 5.41) is 0. The Balaban J connectivity index is 1.50. The number of ketones is 1. The first kappa shape index (κ1) is 23.0. The zero-order chi connectivity index (χ0) is 22.3. The molecule has 166 valence electrons. The average Bonchev–Trinajstić information content (AvgIpc) is 3.38. The van der Waals surface area contributed by atoms with Crippen molar-refractivity contribution in [1.29, 1.82) is 0 Å². The number of carbonyl (C=O) groups is 4. The fourth-order valence-corrected chi connectivity index (χ4v) is 7.53. The van der Waals surface area contributed by atoms with Gasteiger partial charge in [0.1, 0.15) is 6.04 Å². The molecule has 4 rings (SSSR count). The van der Waals surface area contributed by atoms with E-state index < -0.39 is 18.6 Å². The predicted octanol–water partition coefficient (Wildman–Crippen LogP) is 3.31. The van der Waals surface area contributed by atoms with E-state index >= 15 is 0 Å². The number of alkyl halides is 2. The lowest BCUT2D eigenvalue weighted by molar-refractivity contribution is -0.158. The van der Waals surface area contributed by atoms with Crippen LogP contribution in [0.15, 0.2) is 30.3 Å². The van der Waals surface area contributed by atoms with Gasteiger partial charge in [-0.1, -0.05) is 62.2 Å². The number of rotatable bonds is 8. The Kier molecular flexibility index (Phi) is 6.93. The van der Waals surface area contributed by atoms with Gasteiger partial charge in [0.15, 0.2) is 12.4 Å². The van der Waals surface area contributed by atoms with Crippen LogP contribution in [0.3, 0.4) is 0 Å². The highest BCUT2D eigenvalue weighted by atomic mass is 79.9. The van der Waals surface area contributed by atoms with Gasteiger partial charge in [-0.05, 0) is 36.7 Å². The number of hydrogen-bond donors (Lipinski definition) is 0. The molecule has 3 aliphatic rings. The van der Waals surface area contributed by atoms with Crippen molar-refractivity contribution in [2.75, 3.05) is 18.6 Å². The number of imide groups is 1. The van der Waals surface area contributed by atoms with Crippen LogP contribution in [0.2, 0.25) is 0 Å². The van der Waals surface area contributed by atoms with E-state index in [0.29, 0.717) is 17.7 Å². The van der Waals surface area contributed by atoms with Gasteiger partial charge in [0.05, 0.1) is 11.8 Å². The summed E-state index contributed by atoms with van der Waals surface area (Å²) in [6, 6.07) is 7.57. The van der Waals surface area contributed by atoms with Crippen molar-refractivity contribution in [3.05, 3.63) is 35.9 Å². The molecule has 7 atom stereocenters. The smallest absolute Gasteiger partial charge is 0.329 e. The second-order valence-electron chi connectivity index (χ2n) is 8.24. The van der Waals surface area contributed by atoms with Crippen LogP contribution in [-0.2, 0) is 19.1 Å². The predicted molar refractivity (Wildman–Crippen MR) is 124 cm³/mol. The van der Waals surface area contributed by atoms with E-state index in [-0.39, 0.29) is 50.9 Å². The molecule has 0 spiro atoms. The number of Topliss-reactive ketones (excluding diaryl/α,β-unsaturated/α-hetero) is 1. The molecule has 2 amide bonds. The molecule has 1 saturated heterocycles. The fraction of sp³-hybridized carbons (Fsp3) is 0.545. The largest absolute Gasteiger partial charge is 0.456 e. The van der Waals surface area contributed by atoms with Crippen LogP contribution in [0.4, 0.5) is 0 Å². The third kappa shape index (κ3) is 4.02. The maximum Gasteiger partial charge on any atom is 0.329 e. The monoisotopic (exact) mass is 571 g/mol. The average molecular weight is 573 g/mol. The minimum Gasteiger partial charge on any atom is -0.456 e. The highest BCUT2D eigenvalue weighted by Crippen LogP contribution is 2.60. The zero-order valence-corrected chi connectivity index (χ0v) is 20.9. The molecule has 1 aromatic carbocycles. The number of nitrogens with zero attached hydrogens (tertiary/aromatic N) is 1. The van der Waals surface area contributed by atoms with E-state index in [1.54, 1.807) is 30.3 Å². The number of hydrogen-bond acceptors (Lipinski definition) is 6. The Labute approximate surface area is 202 Å². The molecule has 1 heterocycles. The number of ether oxygens (including phenoxy) is 1. The molecule has 1 aromatic rings. The molecular weight excluding hydrogens is 550 g/mol. The maximum atomic E-state index is 13.3. The highest BCUT2D eigenvalue weighted by molar-refractivity contribution is 9.12. The Morgan fingerprint density at radius 2 is 1.68 bits per heavy atom. The van der Waals surface area contributed by atoms with Crippen LogP contribution >= 0.6 is 43.6 Å². The lowest BCUT2D eigenvalue weighted by Gasteiger charge is -2.28. The third-order valence-corrected chi connectivity index (χ3v) is 10.5. The topological polar surface area (TPSA) is 80.8 Å². The minimum atomic E-state index is -0.997. The van der Waals surface area contributed by atoms with Crippen molar-refractivity contribution >= 4 is 67.2 Å². The van der Waals surface area contributed by atoms with Crippen molar-refractivity contribution in [2.45, 2.75) is 28.5 Å². The number of likely N-dealkylation sites (tertiary alicyclic amines) is 1. The van der Waals surface area contributed by atoms with Gasteiger partial charge in [-0.25, -0.2) is 4.79 Å². The van der Waals surface area contributed by atoms with E-state index in [1.807, 2.05) is 6.26 Å². The Morgan fingerprint density at radius 1 is 1.10 bits per heavy atom. The van der Waals surface area contributed by atoms with Gasteiger partial charge in [-0.3, -0.25) is 19.3 Å². The molecule has 0 radical (unpaired) electrons. The van der Waals surface area contributed by atoms with Gasteiger partial charge in [0.2, 0.25) is 11.8 Å². The number of fused-ring (bicyclic) bond motifs is 5. The van der Waals surface area contributed by atoms with Crippen molar-refractivity contribution in [3.8, 4) is 0 Å². The molecule has 2 bridgehead atoms. The van der Waals surface area contributed by atoms with Gasteiger partial charge in [-0.2, -0.15) is 11.8 Å². The number of carbonyl (C=O) groups excluding carboxylic acids is 4. The van der Waals surface area contributed by atoms with Gasteiger partial charge in [0.25, 0.3) is 0 Å². The second kappa shape index (κ2) is 9.35. The first-order chi connectivity index (χ1) is 14.9. The number of esters is 1. The zero-order valence-electron chi connectivity index (χ0n) is 16.9. The molecular formula is C22H23Br2NO5S. The second-order valence-corrected chi connectivity index (χ2v) is 11.3. The van der Waals surface area contributed by atoms with Crippen molar-refractivity contribution in [1.82, 2.24) is 4.90 Å². The Morgan fingerprint density at radius 3 is 2.23 bits per heavy atom.